The van der Waals surface area contributed by atoms with Gasteiger partial charge in [0.15, 0.2) is 0 Å². The van der Waals surface area contributed by atoms with Crippen molar-refractivity contribution < 1.29 is 19.1 Å². The van der Waals surface area contributed by atoms with Crippen LogP contribution < -0.4 is 10.1 Å². The van der Waals surface area contributed by atoms with Gasteiger partial charge < -0.3 is 19.9 Å². The predicted octanol–water partition coefficient (Wildman–Crippen LogP) is 0.435. The molecule has 7 heteroatoms. The first-order valence-corrected chi connectivity index (χ1v) is 9.03. The quantitative estimate of drug-likeness (QED) is 0.827. The van der Waals surface area contributed by atoms with Crippen molar-refractivity contribution in [2.24, 2.45) is 5.92 Å². The third-order valence-corrected chi connectivity index (χ3v) is 5.03. The molecule has 26 heavy (non-hydrogen) atoms. The summed E-state index contributed by atoms with van der Waals surface area (Å²) in [7, 11) is 1.63. The highest BCUT2D eigenvalue weighted by molar-refractivity contribution is 5.88. The molecule has 140 valence electrons. The number of methoxy groups -OCH3 is 1. The predicted molar refractivity (Wildman–Crippen MR) is 95.6 cm³/mol. The van der Waals surface area contributed by atoms with E-state index in [2.05, 4.69) is 5.32 Å². The van der Waals surface area contributed by atoms with Gasteiger partial charge >= 0.3 is 0 Å². The molecule has 7 nitrogen and oxygen atoms in total. The van der Waals surface area contributed by atoms with Gasteiger partial charge in [0, 0.05) is 32.6 Å². The first-order chi connectivity index (χ1) is 12.6. The average Bonchev–Trinajstić information content (AvgIpc) is 2.67. The molecular formula is C19H25N3O4. The van der Waals surface area contributed by atoms with Gasteiger partial charge in [-0.3, -0.25) is 14.4 Å². The van der Waals surface area contributed by atoms with E-state index in [-0.39, 0.29) is 30.2 Å². The molecule has 1 atom stereocenters. The van der Waals surface area contributed by atoms with Crippen LogP contribution in [0, 0.1) is 5.92 Å². The fraction of sp³-hybridized carbons (Fsp3) is 0.526. The fourth-order valence-electron chi connectivity index (χ4n) is 3.47. The van der Waals surface area contributed by atoms with E-state index in [1.807, 2.05) is 24.3 Å². The minimum Gasteiger partial charge on any atom is -0.497 e. The summed E-state index contributed by atoms with van der Waals surface area (Å²) < 4.78 is 5.15. The maximum atomic E-state index is 12.7. The van der Waals surface area contributed by atoms with Crippen molar-refractivity contribution in [1.29, 1.82) is 0 Å². The van der Waals surface area contributed by atoms with E-state index in [1.54, 1.807) is 16.9 Å². The summed E-state index contributed by atoms with van der Waals surface area (Å²) in [6, 6.07) is 7.78. The first kappa shape index (κ1) is 18.2. The van der Waals surface area contributed by atoms with Crippen LogP contribution in [0.4, 0.5) is 0 Å². The number of rotatable bonds is 5. The van der Waals surface area contributed by atoms with Crippen LogP contribution in [0.2, 0.25) is 0 Å². The number of ether oxygens (including phenoxy) is 1. The minimum atomic E-state index is -0.213. The van der Waals surface area contributed by atoms with Gasteiger partial charge in [0.25, 0.3) is 0 Å². The van der Waals surface area contributed by atoms with E-state index in [0.29, 0.717) is 39.0 Å². The molecule has 0 saturated carbocycles. The van der Waals surface area contributed by atoms with Crippen LogP contribution in [0.15, 0.2) is 24.3 Å². The van der Waals surface area contributed by atoms with Crippen LogP contribution in [0.1, 0.15) is 18.4 Å². The van der Waals surface area contributed by atoms with Crippen molar-refractivity contribution in [2.75, 3.05) is 39.8 Å². The van der Waals surface area contributed by atoms with Gasteiger partial charge in [-0.25, -0.2) is 0 Å². The van der Waals surface area contributed by atoms with Crippen molar-refractivity contribution in [3.8, 4) is 5.75 Å². The smallest absolute Gasteiger partial charge is 0.239 e. The molecule has 1 N–H and O–H groups in total. The Balaban J connectivity index is 1.56. The van der Waals surface area contributed by atoms with Gasteiger partial charge in [-0.2, -0.15) is 0 Å². The van der Waals surface area contributed by atoms with Gasteiger partial charge in [0.2, 0.25) is 17.7 Å². The maximum Gasteiger partial charge on any atom is 0.239 e. The topological polar surface area (TPSA) is 79.0 Å². The molecule has 2 aliphatic rings. The van der Waals surface area contributed by atoms with Crippen LogP contribution in [-0.2, 0) is 20.8 Å². The van der Waals surface area contributed by atoms with E-state index in [1.165, 1.54) is 0 Å². The van der Waals surface area contributed by atoms with Crippen LogP contribution in [0.25, 0.3) is 0 Å². The third kappa shape index (κ3) is 4.33. The number of nitrogens with zero attached hydrogens (tertiary/aromatic N) is 2. The molecular weight excluding hydrogens is 334 g/mol. The van der Waals surface area contributed by atoms with Crippen LogP contribution in [0.5, 0.6) is 5.75 Å². The second-order valence-electron chi connectivity index (χ2n) is 6.78. The molecule has 1 aromatic rings. The minimum absolute atomic E-state index is 0.0122. The lowest BCUT2D eigenvalue weighted by Gasteiger charge is -2.36. The molecule has 1 aromatic carbocycles. The monoisotopic (exact) mass is 359 g/mol. The molecule has 3 amide bonds. The number of piperidine rings is 1. The van der Waals surface area contributed by atoms with E-state index in [9.17, 15) is 14.4 Å². The number of carbonyl (C=O) groups is 3. The molecule has 0 spiro atoms. The standard InChI is InChI=1S/C19H25N3O4/c1-26-16-5-2-14(3-6-16)8-10-21-12-15(4-7-18(21)24)19(25)22-11-9-20-17(23)13-22/h2-3,5-6,15H,4,7-13H2,1H3,(H,20,23)/t15-/m0/s1. The molecule has 2 fully saturated rings. The number of nitrogens with one attached hydrogen (secondary N) is 1. The van der Waals surface area contributed by atoms with Crippen molar-refractivity contribution in [2.45, 2.75) is 19.3 Å². The molecule has 0 radical (unpaired) electrons. The van der Waals surface area contributed by atoms with Crippen molar-refractivity contribution >= 4 is 17.7 Å². The van der Waals surface area contributed by atoms with Gasteiger partial charge in [-0.05, 0) is 30.5 Å². The summed E-state index contributed by atoms with van der Waals surface area (Å²) in [5.41, 5.74) is 1.12. The van der Waals surface area contributed by atoms with Crippen LogP contribution in [-0.4, -0.2) is 67.4 Å². The lowest BCUT2D eigenvalue weighted by atomic mass is 9.95. The summed E-state index contributed by atoms with van der Waals surface area (Å²) in [5.74, 6) is 0.557. The molecule has 0 aromatic heterocycles. The Labute approximate surface area is 153 Å². The highest BCUT2D eigenvalue weighted by atomic mass is 16.5. The van der Waals surface area contributed by atoms with E-state index in [0.717, 1.165) is 17.7 Å². The lowest BCUT2D eigenvalue weighted by molar-refractivity contribution is -0.146. The lowest BCUT2D eigenvalue weighted by Crippen LogP contribution is -2.54. The third-order valence-electron chi connectivity index (χ3n) is 5.03. The highest BCUT2D eigenvalue weighted by Crippen LogP contribution is 2.21. The highest BCUT2D eigenvalue weighted by Gasteiger charge is 2.33. The summed E-state index contributed by atoms with van der Waals surface area (Å²) in [4.78, 5) is 39.8. The number of carbonyl (C=O) groups excluding carboxylic acids is 3. The molecule has 2 aliphatic heterocycles. The summed E-state index contributed by atoms with van der Waals surface area (Å²) >= 11 is 0. The summed E-state index contributed by atoms with van der Waals surface area (Å²) in [5, 5.41) is 2.73. The Morgan fingerprint density at radius 2 is 2.04 bits per heavy atom. The van der Waals surface area contributed by atoms with Gasteiger partial charge in [-0.1, -0.05) is 12.1 Å². The number of likely N-dealkylation sites (tertiary alicyclic amines) is 1. The van der Waals surface area contributed by atoms with E-state index >= 15 is 0 Å². The number of amides is 3. The molecule has 0 unspecified atom stereocenters. The molecule has 2 heterocycles. The molecule has 0 aliphatic carbocycles. The SMILES string of the molecule is COc1ccc(CCN2C[C@@H](C(=O)N3CCNC(=O)C3)CCC2=O)cc1. The Morgan fingerprint density at radius 3 is 2.73 bits per heavy atom. The Hall–Kier alpha value is -2.57. The normalized spacial score (nSPS) is 20.7. The average molecular weight is 359 g/mol. The zero-order chi connectivity index (χ0) is 18.5. The molecule has 2 saturated heterocycles. The number of piperazine rings is 1. The number of hydrogen-bond donors (Lipinski definition) is 1. The van der Waals surface area contributed by atoms with Gasteiger partial charge in [0.1, 0.15) is 5.75 Å². The second-order valence-corrected chi connectivity index (χ2v) is 6.78. The molecule has 0 bridgehead atoms. The second kappa shape index (κ2) is 8.21. The first-order valence-electron chi connectivity index (χ1n) is 9.03. The fourth-order valence-corrected chi connectivity index (χ4v) is 3.47. The zero-order valence-electron chi connectivity index (χ0n) is 15.1. The maximum absolute atomic E-state index is 12.7. The van der Waals surface area contributed by atoms with Crippen LogP contribution in [0.3, 0.4) is 0 Å². The molecule has 3 rings (SSSR count). The Bertz CT molecular complexity index is 674. The Kier molecular flexibility index (Phi) is 5.75. The number of benzene rings is 1. The van der Waals surface area contributed by atoms with E-state index in [4.69, 9.17) is 4.74 Å². The van der Waals surface area contributed by atoms with E-state index < -0.39 is 0 Å². The summed E-state index contributed by atoms with van der Waals surface area (Å²) in [6.45, 7) is 2.19. The van der Waals surface area contributed by atoms with Gasteiger partial charge in [0.05, 0.1) is 19.6 Å². The van der Waals surface area contributed by atoms with Crippen molar-refractivity contribution in [3.05, 3.63) is 29.8 Å². The van der Waals surface area contributed by atoms with Crippen molar-refractivity contribution in [3.63, 3.8) is 0 Å². The van der Waals surface area contributed by atoms with Crippen molar-refractivity contribution in [1.82, 2.24) is 15.1 Å². The zero-order valence-corrected chi connectivity index (χ0v) is 15.1. The summed E-state index contributed by atoms with van der Waals surface area (Å²) in [6.07, 6.45) is 1.69. The van der Waals surface area contributed by atoms with Gasteiger partial charge in [-0.15, -0.1) is 0 Å². The Morgan fingerprint density at radius 1 is 1.27 bits per heavy atom. The number of hydrogen-bond acceptors (Lipinski definition) is 4. The largest absolute Gasteiger partial charge is 0.497 e. The van der Waals surface area contributed by atoms with Crippen LogP contribution >= 0.6 is 0 Å².